The van der Waals surface area contributed by atoms with Crippen LogP contribution in [-0.4, -0.2) is 48.3 Å². The third kappa shape index (κ3) is 3.18. The highest BCUT2D eigenvalue weighted by atomic mass is 16.2. The van der Waals surface area contributed by atoms with Gasteiger partial charge in [0.2, 0.25) is 11.8 Å². The van der Waals surface area contributed by atoms with Gasteiger partial charge in [0, 0.05) is 12.6 Å². The van der Waals surface area contributed by atoms with Gasteiger partial charge in [0.25, 0.3) is 0 Å². The number of nitrogens with zero attached hydrogens (tertiary/aromatic N) is 5. The van der Waals surface area contributed by atoms with E-state index in [1.165, 1.54) is 6.33 Å². The molecular weight excluding hydrogens is 370 g/mol. The number of carbonyl (C=O) groups excluding carboxylic acids is 2. The SMILES string of the molecule is Nc1ncnc2c1ncn2CC(=O)N1[C@@H]2CC2C[C@H]1C(=O)NCc1ccccc1. The van der Waals surface area contributed by atoms with Crippen LogP contribution in [0.2, 0.25) is 0 Å². The number of piperidine rings is 1. The number of hydrogen-bond acceptors (Lipinski definition) is 6. The van der Waals surface area contributed by atoms with Gasteiger partial charge in [-0.05, 0) is 24.3 Å². The summed E-state index contributed by atoms with van der Waals surface area (Å²) in [5.41, 5.74) is 7.84. The number of nitrogens with two attached hydrogens (primary N) is 1. The largest absolute Gasteiger partial charge is 0.382 e. The molecule has 2 aliphatic rings. The van der Waals surface area contributed by atoms with Crippen LogP contribution < -0.4 is 11.1 Å². The lowest BCUT2D eigenvalue weighted by atomic mass is 10.1. The van der Waals surface area contributed by atoms with E-state index in [1.807, 2.05) is 30.3 Å². The monoisotopic (exact) mass is 391 g/mol. The number of rotatable bonds is 5. The standard InChI is InChI=1S/C20H21N7O2/c21-18-17-19(24-10-23-18)26(11-25-17)9-16(28)27-14-6-13(14)7-15(27)20(29)22-8-12-4-2-1-3-5-12/h1-5,10-11,13-15H,6-9H2,(H,22,29)(H2,21,23,24)/t13?,14-,15+/m1/s1. The quantitative estimate of drug-likeness (QED) is 0.661. The van der Waals surface area contributed by atoms with Gasteiger partial charge >= 0.3 is 0 Å². The fourth-order valence-corrected chi connectivity index (χ4v) is 4.19. The molecule has 1 aromatic carbocycles. The Bertz CT molecular complexity index is 1080. The Hall–Kier alpha value is -3.49. The number of imidazole rings is 1. The summed E-state index contributed by atoms with van der Waals surface area (Å²) in [5.74, 6) is 0.495. The number of hydrogen-bond donors (Lipinski definition) is 2. The summed E-state index contributed by atoms with van der Waals surface area (Å²) in [7, 11) is 0. The molecule has 1 saturated heterocycles. The zero-order valence-electron chi connectivity index (χ0n) is 15.7. The van der Waals surface area contributed by atoms with Crippen LogP contribution in [0.25, 0.3) is 11.2 Å². The lowest BCUT2D eigenvalue weighted by molar-refractivity contribution is -0.140. The molecule has 0 spiro atoms. The van der Waals surface area contributed by atoms with E-state index < -0.39 is 6.04 Å². The molecule has 148 valence electrons. The van der Waals surface area contributed by atoms with Gasteiger partial charge in [-0.1, -0.05) is 30.3 Å². The first kappa shape index (κ1) is 17.6. The van der Waals surface area contributed by atoms with E-state index in [9.17, 15) is 9.59 Å². The number of anilines is 1. The number of nitrogens with one attached hydrogen (secondary N) is 1. The van der Waals surface area contributed by atoms with Gasteiger partial charge in [-0.25, -0.2) is 15.0 Å². The molecule has 3 N–H and O–H groups in total. The van der Waals surface area contributed by atoms with Crippen molar-refractivity contribution in [2.24, 2.45) is 5.92 Å². The predicted molar refractivity (Wildman–Crippen MR) is 105 cm³/mol. The third-order valence-corrected chi connectivity index (χ3v) is 5.74. The first-order chi connectivity index (χ1) is 14.1. The molecule has 0 bridgehead atoms. The molecule has 3 heterocycles. The van der Waals surface area contributed by atoms with Gasteiger partial charge in [0.1, 0.15) is 24.4 Å². The van der Waals surface area contributed by atoms with Crippen LogP contribution in [-0.2, 0) is 22.7 Å². The summed E-state index contributed by atoms with van der Waals surface area (Å²) in [5, 5.41) is 2.97. The second-order valence-electron chi connectivity index (χ2n) is 7.62. The second kappa shape index (κ2) is 6.84. The molecular formula is C20H21N7O2. The van der Waals surface area contributed by atoms with Gasteiger partial charge in [0.15, 0.2) is 11.5 Å². The Balaban J connectivity index is 1.30. The van der Waals surface area contributed by atoms with Crippen LogP contribution in [0.3, 0.4) is 0 Å². The maximum Gasteiger partial charge on any atom is 0.243 e. The summed E-state index contributed by atoms with van der Waals surface area (Å²) in [6.45, 7) is 0.522. The fourth-order valence-electron chi connectivity index (χ4n) is 4.19. The number of fused-ring (bicyclic) bond motifs is 2. The molecule has 2 aromatic heterocycles. The minimum absolute atomic E-state index is 0.0681. The molecule has 5 rings (SSSR count). The lowest BCUT2D eigenvalue weighted by Gasteiger charge is -2.27. The van der Waals surface area contributed by atoms with Crippen LogP contribution in [0.15, 0.2) is 43.0 Å². The van der Waals surface area contributed by atoms with Crippen molar-refractivity contribution in [2.75, 3.05) is 5.73 Å². The molecule has 9 nitrogen and oxygen atoms in total. The number of nitrogen functional groups attached to an aromatic ring is 1. The zero-order valence-corrected chi connectivity index (χ0v) is 15.7. The molecule has 1 saturated carbocycles. The molecule has 1 aliphatic carbocycles. The fraction of sp³-hybridized carbons (Fsp3) is 0.350. The normalized spacial score (nSPS) is 22.5. The number of amides is 2. The van der Waals surface area contributed by atoms with Crippen LogP contribution in [0.4, 0.5) is 5.82 Å². The van der Waals surface area contributed by atoms with Crippen molar-refractivity contribution in [1.29, 1.82) is 0 Å². The van der Waals surface area contributed by atoms with E-state index in [0.29, 0.717) is 23.6 Å². The minimum atomic E-state index is -0.426. The molecule has 3 atom stereocenters. The molecule has 9 heteroatoms. The molecule has 3 aromatic rings. The number of likely N-dealkylation sites (tertiary alicyclic amines) is 1. The topological polar surface area (TPSA) is 119 Å². The molecule has 1 unspecified atom stereocenters. The molecule has 1 aliphatic heterocycles. The second-order valence-corrected chi connectivity index (χ2v) is 7.62. The summed E-state index contributed by atoms with van der Waals surface area (Å²) in [6, 6.07) is 9.48. The van der Waals surface area contributed by atoms with Crippen LogP contribution in [0.5, 0.6) is 0 Å². The molecule has 29 heavy (non-hydrogen) atoms. The van der Waals surface area contributed by atoms with E-state index in [2.05, 4.69) is 20.3 Å². The lowest BCUT2D eigenvalue weighted by Crippen LogP contribution is -2.48. The smallest absolute Gasteiger partial charge is 0.243 e. The van der Waals surface area contributed by atoms with Gasteiger partial charge in [-0.2, -0.15) is 0 Å². The highest BCUT2D eigenvalue weighted by Gasteiger charge is 2.55. The van der Waals surface area contributed by atoms with E-state index >= 15 is 0 Å². The Morgan fingerprint density at radius 2 is 1.97 bits per heavy atom. The van der Waals surface area contributed by atoms with Gasteiger partial charge < -0.3 is 20.5 Å². The van der Waals surface area contributed by atoms with Crippen molar-refractivity contribution in [1.82, 2.24) is 29.7 Å². The number of benzene rings is 1. The van der Waals surface area contributed by atoms with E-state index in [0.717, 1.165) is 18.4 Å². The van der Waals surface area contributed by atoms with Crippen LogP contribution in [0.1, 0.15) is 18.4 Å². The first-order valence-electron chi connectivity index (χ1n) is 9.66. The predicted octanol–water partition coefficient (Wildman–Crippen LogP) is 0.714. The van der Waals surface area contributed by atoms with Gasteiger partial charge in [0.05, 0.1) is 6.33 Å². The highest BCUT2D eigenvalue weighted by Crippen LogP contribution is 2.48. The maximum atomic E-state index is 13.1. The van der Waals surface area contributed by atoms with Crippen molar-refractivity contribution >= 4 is 28.8 Å². The minimum Gasteiger partial charge on any atom is -0.382 e. The molecule has 2 amide bonds. The van der Waals surface area contributed by atoms with Gasteiger partial charge in [-0.15, -0.1) is 0 Å². The molecule has 2 fully saturated rings. The molecule has 0 radical (unpaired) electrons. The third-order valence-electron chi connectivity index (χ3n) is 5.74. The summed E-state index contributed by atoms with van der Waals surface area (Å²) in [6.07, 6.45) is 4.58. The number of carbonyl (C=O) groups is 2. The van der Waals surface area contributed by atoms with Crippen molar-refractivity contribution in [3.63, 3.8) is 0 Å². The Morgan fingerprint density at radius 3 is 2.79 bits per heavy atom. The Labute approximate surface area is 166 Å². The maximum absolute atomic E-state index is 13.1. The Kier molecular flexibility index (Phi) is 4.15. The zero-order chi connectivity index (χ0) is 20.0. The van der Waals surface area contributed by atoms with Crippen LogP contribution in [0, 0.1) is 5.92 Å². The summed E-state index contributed by atoms with van der Waals surface area (Å²) >= 11 is 0. The van der Waals surface area contributed by atoms with Crippen molar-refractivity contribution in [3.8, 4) is 0 Å². The number of aromatic nitrogens is 4. The average Bonchev–Trinajstić information content (AvgIpc) is 3.20. The van der Waals surface area contributed by atoms with Crippen LogP contribution >= 0.6 is 0 Å². The van der Waals surface area contributed by atoms with Crippen molar-refractivity contribution < 1.29 is 9.59 Å². The first-order valence-corrected chi connectivity index (χ1v) is 9.66. The van der Waals surface area contributed by atoms with E-state index in [4.69, 9.17) is 5.73 Å². The van der Waals surface area contributed by atoms with E-state index in [1.54, 1.807) is 15.8 Å². The summed E-state index contributed by atoms with van der Waals surface area (Å²) in [4.78, 5) is 40.0. The van der Waals surface area contributed by atoms with Crippen molar-refractivity contribution in [3.05, 3.63) is 48.5 Å². The average molecular weight is 391 g/mol. The van der Waals surface area contributed by atoms with Crippen molar-refractivity contribution in [2.45, 2.75) is 38.0 Å². The van der Waals surface area contributed by atoms with Gasteiger partial charge in [-0.3, -0.25) is 9.59 Å². The summed E-state index contributed by atoms with van der Waals surface area (Å²) < 4.78 is 1.66. The van der Waals surface area contributed by atoms with E-state index in [-0.39, 0.29) is 30.2 Å². The highest BCUT2D eigenvalue weighted by molar-refractivity contribution is 5.90. The Morgan fingerprint density at radius 1 is 1.14 bits per heavy atom.